The van der Waals surface area contributed by atoms with E-state index in [1.165, 1.54) is 0 Å². The number of rotatable bonds is 5. The van der Waals surface area contributed by atoms with Crippen LogP contribution < -0.4 is 11.1 Å². The molecule has 0 aromatic heterocycles. The molecule has 0 bridgehead atoms. The molecule has 13 heavy (non-hydrogen) atoms. The van der Waals surface area contributed by atoms with E-state index in [0.29, 0.717) is 0 Å². The van der Waals surface area contributed by atoms with Gasteiger partial charge in [0.2, 0.25) is 5.91 Å². The summed E-state index contributed by atoms with van der Waals surface area (Å²) in [5.41, 5.74) is 5.31. The topological polar surface area (TPSA) is 92.4 Å². The van der Waals surface area contributed by atoms with Gasteiger partial charge < -0.3 is 16.2 Å². The van der Waals surface area contributed by atoms with Gasteiger partial charge in [0, 0.05) is 11.5 Å². The molecule has 0 aliphatic carbocycles. The van der Waals surface area contributed by atoms with Gasteiger partial charge in [-0.1, -0.05) is 0 Å². The number of nitrogens with one attached hydrogen (secondary N) is 1. The van der Waals surface area contributed by atoms with Gasteiger partial charge in [-0.2, -0.15) is 25.3 Å². The van der Waals surface area contributed by atoms with Crippen molar-refractivity contribution in [2.24, 2.45) is 5.73 Å². The number of carboxylic acids is 1. The molecule has 2 atom stereocenters. The van der Waals surface area contributed by atoms with Gasteiger partial charge in [-0.05, 0) is 0 Å². The quantitative estimate of drug-likeness (QED) is 0.377. The van der Waals surface area contributed by atoms with Crippen LogP contribution in [0.5, 0.6) is 0 Å². The highest BCUT2D eigenvalue weighted by Gasteiger charge is 2.20. The summed E-state index contributed by atoms with van der Waals surface area (Å²) in [5, 5.41) is 10.8. The fourth-order valence-corrected chi connectivity index (χ4v) is 0.960. The van der Waals surface area contributed by atoms with E-state index in [0.717, 1.165) is 0 Å². The second kappa shape index (κ2) is 6.11. The molecule has 0 fully saturated rings. The molecule has 0 radical (unpaired) electrons. The van der Waals surface area contributed by atoms with Gasteiger partial charge in [-0.3, -0.25) is 4.79 Å². The molecule has 0 saturated heterocycles. The molecular formula is C6H12N2O3S2. The summed E-state index contributed by atoms with van der Waals surface area (Å²) in [5.74, 6) is -1.46. The zero-order valence-electron chi connectivity index (χ0n) is 6.80. The minimum absolute atomic E-state index is 0.0281. The maximum absolute atomic E-state index is 11.1. The van der Waals surface area contributed by atoms with Crippen molar-refractivity contribution in [1.82, 2.24) is 5.32 Å². The van der Waals surface area contributed by atoms with E-state index in [-0.39, 0.29) is 11.5 Å². The van der Waals surface area contributed by atoms with Crippen LogP contribution in [0, 0.1) is 0 Å². The lowest BCUT2D eigenvalue weighted by atomic mass is 10.3. The highest BCUT2D eigenvalue weighted by Crippen LogP contribution is 1.91. The fraction of sp³-hybridized carbons (Fsp3) is 0.667. The van der Waals surface area contributed by atoms with Gasteiger partial charge in [0.15, 0.2) is 0 Å². The second-order valence-corrected chi connectivity index (χ2v) is 3.10. The van der Waals surface area contributed by atoms with Crippen molar-refractivity contribution in [2.45, 2.75) is 12.1 Å². The van der Waals surface area contributed by atoms with Crippen molar-refractivity contribution in [3.63, 3.8) is 0 Å². The van der Waals surface area contributed by atoms with Gasteiger partial charge in [0.05, 0.1) is 6.04 Å². The lowest BCUT2D eigenvalue weighted by Crippen LogP contribution is -2.49. The molecule has 5 nitrogen and oxygen atoms in total. The number of carbonyl (C=O) groups is 2. The molecule has 76 valence electrons. The number of aliphatic carboxylic acids is 1. The molecule has 1 amide bonds. The van der Waals surface area contributed by atoms with Gasteiger partial charge in [-0.15, -0.1) is 0 Å². The van der Waals surface area contributed by atoms with E-state index < -0.39 is 24.0 Å². The third kappa shape index (κ3) is 4.39. The van der Waals surface area contributed by atoms with E-state index >= 15 is 0 Å². The number of carboxylic acid groups (broad SMARTS) is 1. The zero-order valence-corrected chi connectivity index (χ0v) is 8.59. The predicted octanol–water partition coefficient (Wildman–Crippen LogP) is -1.26. The Morgan fingerprint density at radius 3 is 2.23 bits per heavy atom. The largest absolute Gasteiger partial charge is 0.480 e. The van der Waals surface area contributed by atoms with E-state index in [1.807, 2.05) is 0 Å². The zero-order chi connectivity index (χ0) is 10.4. The molecule has 0 saturated carbocycles. The molecule has 0 heterocycles. The highest BCUT2D eigenvalue weighted by atomic mass is 32.1. The van der Waals surface area contributed by atoms with Crippen molar-refractivity contribution in [3.05, 3.63) is 0 Å². The molecule has 0 aromatic rings. The lowest BCUT2D eigenvalue weighted by molar-refractivity contribution is -0.141. The summed E-state index contributed by atoms with van der Waals surface area (Å²) in [4.78, 5) is 21.5. The molecule has 0 unspecified atom stereocenters. The highest BCUT2D eigenvalue weighted by molar-refractivity contribution is 7.80. The monoisotopic (exact) mass is 224 g/mol. The Labute approximate surface area is 86.9 Å². The van der Waals surface area contributed by atoms with Crippen LogP contribution in [0.4, 0.5) is 0 Å². The molecule has 4 N–H and O–H groups in total. The van der Waals surface area contributed by atoms with Crippen LogP contribution in [-0.4, -0.2) is 40.6 Å². The van der Waals surface area contributed by atoms with E-state index in [1.54, 1.807) is 0 Å². The standard InChI is InChI=1S/C6H12N2O3S2/c7-3(1-12)5(9)8-4(2-13)6(10)11/h3-4,12-13H,1-2,7H2,(H,8,9)(H,10,11)/t3-,4-/m1/s1. The molecule has 0 aromatic carbocycles. The van der Waals surface area contributed by atoms with Crippen molar-refractivity contribution in [2.75, 3.05) is 11.5 Å². The van der Waals surface area contributed by atoms with Crippen LogP contribution in [0.25, 0.3) is 0 Å². The first kappa shape index (κ1) is 12.6. The molecule has 7 heteroatoms. The van der Waals surface area contributed by atoms with E-state index in [2.05, 4.69) is 30.6 Å². The van der Waals surface area contributed by atoms with Crippen LogP contribution in [0.2, 0.25) is 0 Å². The Morgan fingerprint density at radius 2 is 1.92 bits per heavy atom. The maximum atomic E-state index is 11.1. The van der Waals surface area contributed by atoms with Crippen LogP contribution in [0.3, 0.4) is 0 Å². The number of amides is 1. The molecule has 0 aliphatic rings. The van der Waals surface area contributed by atoms with Crippen LogP contribution in [0.1, 0.15) is 0 Å². The van der Waals surface area contributed by atoms with Gasteiger partial charge in [-0.25, -0.2) is 4.79 Å². The van der Waals surface area contributed by atoms with Crippen LogP contribution in [-0.2, 0) is 9.59 Å². The fourth-order valence-electron chi connectivity index (χ4n) is 0.547. The molecule has 0 aliphatic heterocycles. The predicted molar refractivity (Wildman–Crippen MR) is 55.2 cm³/mol. The number of nitrogens with two attached hydrogens (primary N) is 1. The maximum Gasteiger partial charge on any atom is 0.327 e. The summed E-state index contributed by atoms with van der Waals surface area (Å²) in [6, 6.07) is -1.79. The summed E-state index contributed by atoms with van der Waals surface area (Å²) in [6.07, 6.45) is 0. The minimum Gasteiger partial charge on any atom is -0.480 e. The summed E-state index contributed by atoms with van der Waals surface area (Å²) in [6.45, 7) is 0. The van der Waals surface area contributed by atoms with Gasteiger partial charge >= 0.3 is 5.97 Å². The number of hydrogen-bond acceptors (Lipinski definition) is 5. The molecular weight excluding hydrogens is 212 g/mol. The van der Waals surface area contributed by atoms with Crippen molar-refractivity contribution >= 4 is 37.1 Å². The van der Waals surface area contributed by atoms with Gasteiger partial charge in [0.25, 0.3) is 0 Å². The van der Waals surface area contributed by atoms with Crippen molar-refractivity contribution < 1.29 is 14.7 Å². The van der Waals surface area contributed by atoms with Crippen LogP contribution in [0.15, 0.2) is 0 Å². The first-order chi connectivity index (χ1) is 6.02. The van der Waals surface area contributed by atoms with E-state index in [4.69, 9.17) is 10.8 Å². The molecule has 0 rings (SSSR count). The normalized spacial score (nSPS) is 14.7. The van der Waals surface area contributed by atoms with Crippen molar-refractivity contribution in [1.29, 1.82) is 0 Å². The third-order valence-corrected chi connectivity index (χ3v) is 2.09. The average Bonchev–Trinajstić information content (AvgIpc) is 2.11. The number of carbonyl (C=O) groups excluding carboxylic acids is 1. The first-order valence-corrected chi connectivity index (χ1v) is 4.80. The summed E-state index contributed by atoms with van der Waals surface area (Å²) >= 11 is 7.58. The smallest absolute Gasteiger partial charge is 0.327 e. The Balaban J connectivity index is 4.09. The Bertz CT molecular complexity index is 200. The third-order valence-electron chi connectivity index (χ3n) is 1.33. The SMILES string of the molecule is N[C@H](CS)C(=O)N[C@H](CS)C(=O)O. The lowest BCUT2D eigenvalue weighted by Gasteiger charge is -2.14. The Hall–Kier alpha value is -0.400. The first-order valence-electron chi connectivity index (χ1n) is 3.53. The molecule has 0 spiro atoms. The second-order valence-electron chi connectivity index (χ2n) is 2.37. The number of hydrogen-bond donors (Lipinski definition) is 5. The summed E-state index contributed by atoms with van der Waals surface area (Å²) in [7, 11) is 0. The van der Waals surface area contributed by atoms with Gasteiger partial charge in [0.1, 0.15) is 6.04 Å². The minimum atomic E-state index is -1.13. The van der Waals surface area contributed by atoms with Crippen LogP contribution >= 0.6 is 25.3 Å². The summed E-state index contributed by atoms with van der Waals surface area (Å²) < 4.78 is 0. The Morgan fingerprint density at radius 1 is 1.38 bits per heavy atom. The van der Waals surface area contributed by atoms with Crippen molar-refractivity contribution in [3.8, 4) is 0 Å². The van der Waals surface area contributed by atoms with E-state index in [9.17, 15) is 9.59 Å². The average molecular weight is 224 g/mol. The Kier molecular flexibility index (Phi) is 5.93. The number of thiol groups is 2.